The summed E-state index contributed by atoms with van der Waals surface area (Å²) in [6, 6.07) is 8.23. The van der Waals surface area contributed by atoms with E-state index in [-0.39, 0.29) is 11.8 Å². The van der Waals surface area contributed by atoms with E-state index in [4.69, 9.17) is 0 Å². The van der Waals surface area contributed by atoms with Gasteiger partial charge < -0.3 is 5.32 Å². The molecule has 0 amide bonds. The Bertz CT molecular complexity index is 397. The van der Waals surface area contributed by atoms with Crippen molar-refractivity contribution in [3.8, 4) is 0 Å². The van der Waals surface area contributed by atoms with E-state index in [2.05, 4.69) is 18.0 Å². The summed E-state index contributed by atoms with van der Waals surface area (Å²) in [6.07, 6.45) is 4.45. The van der Waals surface area contributed by atoms with E-state index in [0.717, 1.165) is 24.9 Å². The normalized spacial score (nSPS) is 20.0. The molecule has 0 aliphatic heterocycles. The predicted octanol–water partition coefficient (Wildman–Crippen LogP) is 2.35. The molecule has 0 fully saturated rings. The van der Waals surface area contributed by atoms with Crippen molar-refractivity contribution in [2.24, 2.45) is 0 Å². The van der Waals surface area contributed by atoms with Gasteiger partial charge in [0.15, 0.2) is 5.78 Å². The first kappa shape index (κ1) is 11.1. The lowest BCUT2D eigenvalue weighted by atomic mass is 10.0. The number of carbonyl (C=O) groups is 1. The number of nitrogens with one attached hydrogen (secondary N) is 1. The van der Waals surface area contributed by atoms with E-state index < -0.39 is 0 Å². The number of carbonyl (C=O) groups excluding carboxylic acids is 1. The molecule has 1 atom stereocenters. The molecule has 84 valence electrons. The fourth-order valence-corrected chi connectivity index (χ4v) is 2.20. The molecule has 16 heavy (non-hydrogen) atoms. The van der Waals surface area contributed by atoms with Crippen LogP contribution in [0.15, 0.2) is 36.9 Å². The number of ketones is 1. The van der Waals surface area contributed by atoms with Crippen LogP contribution in [-0.4, -0.2) is 18.4 Å². The van der Waals surface area contributed by atoms with E-state index in [1.165, 1.54) is 5.56 Å². The number of rotatable bonds is 3. The van der Waals surface area contributed by atoms with Gasteiger partial charge in [0, 0.05) is 24.6 Å². The maximum atomic E-state index is 12.0. The van der Waals surface area contributed by atoms with Gasteiger partial charge in [-0.15, -0.1) is 6.58 Å². The Morgan fingerprint density at radius 3 is 3.06 bits per heavy atom. The number of Topliss-reactive ketones (excluding diaryl/α,β-unsaturated/α-hetero) is 1. The highest BCUT2D eigenvalue weighted by atomic mass is 16.1. The minimum absolute atomic E-state index is 0.259. The number of hydrogen-bond acceptors (Lipinski definition) is 2. The van der Waals surface area contributed by atoms with Crippen molar-refractivity contribution < 1.29 is 4.79 Å². The van der Waals surface area contributed by atoms with Crippen LogP contribution in [0.4, 0.5) is 0 Å². The van der Waals surface area contributed by atoms with Crippen molar-refractivity contribution in [1.29, 1.82) is 0 Å². The van der Waals surface area contributed by atoms with Gasteiger partial charge >= 0.3 is 0 Å². The summed E-state index contributed by atoms with van der Waals surface area (Å²) in [4.78, 5) is 12.0. The SMILES string of the molecule is C=CCNC1CCc2ccccc2C(=O)C1. The van der Waals surface area contributed by atoms with Gasteiger partial charge in [-0.1, -0.05) is 30.3 Å². The van der Waals surface area contributed by atoms with E-state index in [1.807, 2.05) is 24.3 Å². The van der Waals surface area contributed by atoms with Gasteiger partial charge in [0.25, 0.3) is 0 Å². The minimum atomic E-state index is 0.259. The molecule has 1 aromatic carbocycles. The molecule has 1 N–H and O–H groups in total. The summed E-state index contributed by atoms with van der Waals surface area (Å²) >= 11 is 0. The third kappa shape index (κ3) is 2.39. The second-order valence-corrected chi connectivity index (χ2v) is 4.22. The van der Waals surface area contributed by atoms with Gasteiger partial charge in [-0.25, -0.2) is 0 Å². The van der Waals surface area contributed by atoms with E-state index >= 15 is 0 Å². The summed E-state index contributed by atoms with van der Waals surface area (Å²) in [5.41, 5.74) is 2.10. The summed E-state index contributed by atoms with van der Waals surface area (Å²) in [5.74, 6) is 0.259. The molecule has 1 aliphatic rings. The van der Waals surface area contributed by atoms with Crippen LogP contribution in [0.1, 0.15) is 28.8 Å². The van der Waals surface area contributed by atoms with Crippen LogP contribution in [0.25, 0.3) is 0 Å². The molecule has 2 nitrogen and oxygen atoms in total. The van der Waals surface area contributed by atoms with Gasteiger partial charge in [-0.2, -0.15) is 0 Å². The quantitative estimate of drug-likeness (QED) is 0.619. The van der Waals surface area contributed by atoms with Crippen molar-refractivity contribution in [3.63, 3.8) is 0 Å². The number of hydrogen-bond donors (Lipinski definition) is 1. The zero-order valence-corrected chi connectivity index (χ0v) is 9.41. The Hall–Kier alpha value is -1.41. The van der Waals surface area contributed by atoms with Crippen LogP contribution in [-0.2, 0) is 6.42 Å². The number of aryl methyl sites for hydroxylation is 1. The van der Waals surface area contributed by atoms with Crippen LogP contribution in [0.5, 0.6) is 0 Å². The standard InChI is InChI=1S/C14H17NO/c1-2-9-15-12-8-7-11-5-3-4-6-13(11)14(16)10-12/h2-6,12,15H,1,7-10H2. The topological polar surface area (TPSA) is 29.1 Å². The zero-order valence-electron chi connectivity index (χ0n) is 9.41. The van der Waals surface area contributed by atoms with E-state index in [9.17, 15) is 4.79 Å². The summed E-state index contributed by atoms with van der Waals surface area (Å²) in [5, 5.41) is 3.34. The van der Waals surface area contributed by atoms with Crippen molar-refractivity contribution in [2.75, 3.05) is 6.54 Å². The van der Waals surface area contributed by atoms with Gasteiger partial charge in [0.2, 0.25) is 0 Å². The second kappa shape index (κ2) is 5.08. The molecule has 0 aromatic heterocycles. The lowest BCUT2D eigenvalue weighted by Crippen LogP contribution is -2.30. The third-order valence-corrected chi connectivity index (χ3v) is 3.06. The average Bonchev–Trinajstić information content (AvgIpc) is 2.47. The number of benzene rings is 1. The van der Waals surface area contributed by atoms with Gasteiger partial charge in [0.05, 0.1) is 0 Å². The highest BCUT2D eigenvalue weighted by molar-refractivity contribution is 5.98. The van der Waals surface area contributed by atoms with Gasteiger partial charge in [0.1, 0.15) is 0 Å². The van der Waals surface area contributed by atoms with E-state index in [1.54, 1.807) is 0 Å². The van der Waals surface area contributed by atoms with Gasteiger partial charge in [-0.3, -0.25) is 4.79 Å². The van der Waals surface area contributed by atoms with Crippen molar-refractivity contribution in [3.05, 3.63) is 48.0 Å². The first-order valence-electron chi connectivity index (χ1n) is 5.76. The largest absolute Gasteiger partial charge is 0.310 e. The van der Waals surface area contributed by atoms with Crippen LogP contribution in [0.3, 0.4) is 0 Å². The predicted molar refractivity (Wildman–Crippen MR) is 65.7 cm³/mol. The molecule has 2 rings (SSSR count). The molecule has 0 heterocycles. The van der Waals surface area contributed by atoms with Crippen LogP contribution in [0.2, 0.25) is 0 Å². The summed E-state index contributed by atoms with van der Waals surface area (Å²) in [7, 11) is 0. The monoisotopic (exact) mass is 215 g/mol. The Balaban J connectivity index is 2.13. The molecule has 1 aromatic rings. The smallest absolute Gasteiger partial charge is 0.164 e. The zero-order chi connectivity index (χ0) is 11.4. The fraction of sp³-hybridized carbons (Fsp3) is 0.357. The van der Waals surface area contributed by atoms with Crippen molar-refractivity contribution >= 4 is 5.78 Å². The lowest BCUT2D eigenvalue weighted by Gasteiger charge is -2.13. The first-order chi connectivity index (χ1) is 7.81. The molecular weight excluding hydrogens is 198 g/mol. The van der Waals surface area contributed by atoms with Crippen molar-refractivity contribution in [1.82, 2.24) is 5.32 Å². The Morgan fingerprint density at radius 1 is 1.44 bits per heavy atom. The summed E-state index contributed by atoms with van der Waals surface area (Å²) < 4.78 is 0. The fourth-order valence-electron chi connectivity index (χ4n) is 2.20. The van der Waals surface area contributed by atoms with Gasteiger partial charge in [-0.05, 0) is 18.4 Å². The van der Waals surface area contributed by atoms with Crippen LogP contribution in [0, 0.1) is 0 Å². The molecule has 0 bridgehead atoms. The van der Waals surface area contributed by atoms with Crippen LogP contribution < -0.4 is 5.32 Å². The van der Waals surface area contributed by atoms with Crippen LogP contribution >= 0.6 is 0 Å². The number of fused-ring (bicyclic) bond motifs is 1. The first-order valence-corrected chi connectivity index (χ1v) is 5.76. The molecule has 0 saturated carbocycles. The van der Waals surface area contributed by atoms with Crippen molar-refractivity contribution in [2.45, 2.75) is 25.3 Å². The highest BCUT2D eigenvalue weighted by Crippen LogP contribution is 2.20. The maximum Gasteiger partial charge on any atom is 0.164 e. The molecule has 1 aliphatic carbocycles. The maximum absolute atomic E-state index is 12.0. The average molecular weight is 215 g/mol. The molecule has 0 spiro atoms. The molecule has 1 unspecified atom stereocenters. The third-order valence-electron chi connectivity index (χ3n) is 3.06. The highest BCUT2D eigenvalue weighted by Gasteiger charge is 2.21. The summed E-state index contributed by atoms with van der Waals surface area (Å²) in [6.45, 7) is 4.45. The Kier molecular flexibility index (Phi) is 3.52. The Labute approximate surface area is 96.4 Å². The second-order valence-electron chi connectivity index (χ2n) is 4.22. The Morgan fingerprint density at radius 2 is 2.25 bits per heavy atom. The van der Waals surface area contributed by atoms with E-state index in [0.29, 0.717) is 6.42 Å². The molecule has 0 radical (unpaired) electrons. The molecule has 0 saturated heterocycles. The molecular formula is C14H17NO. The molecule has 2 heteroatoms. The lowest BCUT2D eigenvalue weighted by molar-refractivity contribution is 0.0971. The minimum Gasteiger partial charge on any atom is -0.310 e.